The van der Waals surface area contributed by atoms with Gasteiger partial charge in [0.15, 0.2) is 5.76 Å². The van der Waals surface area contributed by atoms with E-state index in [0.717, 1.165) is 0 Å². The second-order valence-corrected chi connectivity index (χ2v) is 4.20. The summed E-state index contributed by atoms with van der Waals surface area (Å²) < 4.78 is 43.9. The summed E-state index contributed by atoms with van der Waals surface area (Å²) in [5.74, 6) is 0.377. The van der Waals surface area contributed by atoms with Gasteiger partial charge in [-0.3, -0.25) is 5.32 Å². The number of hydrogen-bond donors (Lipinski definition) is 1. The van der Waals surface area contributed by atoms with E-state index in [1.165, 1.54) is 12.1 Å². The summed E-state index contributed by atoms with van der Waals surface area (Å²) in [4.78, 5) is 0. The highest BCUT2D eigenvalue weighted by molar-refractivity contribution is 5.20. The molecule has 1 aromatic carbocycles. The molecule has 1 N–H and O–H groups in total. The highest BCUT2D eigenvalue weighted by Gasteiger charge is 2.40. The van der Waals surface area contributed by atoms with Crippen LogP contribution in [0.3, 0.4) is 0 Å². The molecule has 0 saturated carbocycles. The maximum absolute atomic E-state index is 13.0. The Kier molecular flexibility index (Phi) is 3.90. The molecule has 1 aromatic heterocycles. The molecule has 102 valence electrons. The quantitative estimate of drug-likeness (QED) is 0.925. The average Bonchev–Trinajstić information content (AvgIpc) is 2.75. The van der Waals surface area contributed by atoms with Gasteiger partial charge in [0.1, 0.15) is 6.04 Å². The zero-order chi connectivity index (χ0) is 13.9. The summed E-state index contributed by atoms with van der Waals surface area (Å²) in [7, 11) is 0. The molecular weight excluding hydrogens is 257 g/mol. The Morgan fingerprint density at radius 3 is 2.47 bits per heavy atom. The number of nitrogens with zero attached hydrogens (tertiary/aromatic N) is 1. The van der Waals surface area contributed by atoms with Gasteiger partial charge in [0, 0.05) is 6.07 Å². The first-order valence-electron chi connectivity index (χ1n) is 5.74. The Morgan fingerprint density at radius 2 is 1.95 bits per heavy atom. The Bertz CT molecular complexity index is 522. The SMILES string of the molecule is Cc1cc(CNC(c2ccccc2)C(F)(F)F)on1. The molecule has 0 spiro atoms. The third-order valence-corrected chi connectivity index (χ3v) is 2.62. The van der Waals surface area contributed by atoms with Gasteiger partial charge >= 0.3 is 6.18 Å². The molecule has 19 heavy (non-hydrogen) atoms. The van der Waals surface area contributed by atoms with Crippen LogP contribution in [0.15, 0.2) is 40.9 Å². The van der Waals surface area contributed by atoms with E-state index in [-0.39, 0.29) is 12.1 Å². The summed E-state index contributed by atoms with van der Waals surface area (Å²) >= 11 is 0. The van der Waals surface area contributed by atoms with Crippen LogP contribution >= 0.6 is 0 Å². The third kappa shape index (κ3) is 3.57. The Morgan fingerprint density at radius 1 is 1.26 bits per heavy atom. The Hall–Kier alpha value is -1.82. The summed E-state index contributed by atoms with van der Waals surface area (Å²) in [6, 6.07) is 7.59. The number of benzene rings is 1. The number of halogens is 3. The van der Waals surface area contributed by atoms with E-state index >= 15 is 0 Å². The highest BCUT2D eigenvalue weighted by atomic mass is 19.4. The zero-order valence-corrected chi connectivity index (χ0v) is 10.2. The number of aromatic nitrogens is 1. The van der Waals surface area contributed by atoms with Crippen molar-refractivity contribution >= 4 is 0 Å². The molecule has 0 amide bonds. The maximum atomic E-state index is 13.0. The van der Waals surface area contributed by atoms with Crippen molar-refractivity contribution in [2.45, 2.75) is 25.7 Å². The summed E-state index contributed by atoms with van der Waals surface area (Å²) in [5, 5.41) is 6.08. The molecule has 0 radical (unpaired) electrons. The standard InChI is InChI=1S/C13H13F3N2O/c1-9-7-11(19-18-9)8-17-12(13(14,15)16)10-5-3-2-4-6-10/h2-7,12,17H,8H2,1H3. The van der Waals surface area contributed by atoms with Crippen LogP contribution in [0.25, 0.3) is 0 Å². The molecule has 1 unspecified atom stereocenters. The summed E-state index contributed by atoms with van der Waals surface area (Å²) in [5.41, 5.74) is 0.811. The molecule has 0 bridgehead atoms. The van der Waals surface area contributed by atoms with E-state index in [1.54, 1.807) is 31.2 Å². The third-order valence-electron chi connectivity index (χ3n) is 2.62. The second kappa shape index (κ2) is 5.44. The maximum Gasteiger partial charge on any atom is 0.407 e. The van der Waals surface area contributed by atoms with E-state index in [0.29, 0.717) is 11.5 Å². The Labute approximate surface area is 108 Å². The minimum Gasteiger partial charge on any atom is -0.360 e. The summed E-state index contributed by atoms with van der Waals surface area (Å²) in [6.07, 6.45) is -4.36. The first-order chi connectivity index (χ1) is 8.97. The number of nitrogens with one attached hydrogen (secondary N) is 1. The highest BCUT2D eigenvalue weighted by Crippen LogP contribution is 2.32. The largest absolute Gasteiger partial charge is 0.407 e. The predicted octanol–water partition coefficient (Wildman–Crippen LogP) is 3.38. The molecule has 1 atom stereocenters. The molecule has 0 aliphatic rings. The van der Waals surface area contributed by atoms with Crippen molar-refractivity contribution in [3.8, 4) is 0 Å². The van der Waals surface area contributed by atoms with E-state index in [4.69, 9.17) is 4.52 Å². The Balaban J connectivity index is 2.11. The van der Waals surface area contributed by atoms with Crippen LogP contribution in [-0.4, -0.2) is 11.3 Å². The monoisotopic (exact) mass is 270 g/mol. The van der Waals surface area contributed by atoms with Gasteiger partial charge < -0.3 is 4.52 Å². The molecule has 0 aliphatic heterocycles. The number of rotatable bonds is 4. The minimum atomic E-state index is -4.36. The van der Waals surface area contributed by atoms with Crippen LogP contribution in [0.2, 0.25) is 0 Å². The smallest absolute Gasteiger partial charge is 0.360 e. The number of alkyl halides is 3. The fourth-order valence-corrected chi connectivity index (χ4v) is 1.77. The molecule has 2 aromatic rings. The van der Waals surface area contributed by atoms with Crippen LogP contribution in [0, 0.1) is 6.92 Å². The van der Waals surface area contributed by atoms with E-state index in [2.05, 4.69) is 10.5 Å². The number of hydrogen-bond acceptors (Lipinski definition) is 3. The van der Waals surface area contributed by atoms with Crippen molar-refractivity contribution in [3.05, 3.63) is 53.4 Å². The fourth-order valence-electron chi connectivity index (χ4n) is 1.77. The van der Waals surface area contributed by atoms with Crippen molar-refractivity contribution in [1.82, 2.24) is 10.5 Å². The van der Waals surface area contributed by atoms with Crippen LogP contribution < -0.4 is 5.32 Å². The molecule has 0 fully saturated rings. The zero-order valence-electron chi connectivity index (χ0n) is 10.2. The molecule has 1 heterocycles. The molecule has 0 saturated heterocycles. The normalized spacial score (nSPS) is 13.5. The van der Waals surface area contributed by atoms with Gasteiger partial charge in [-0.1, -0.05) is 35.5 Å². The average molecular weight is 270 g/mol. The molecule has 0 aliphatic carbocycles. The molecular formula is C13H13F3N2O. The van der Waals surface area contributed by atoms with Crippen LogP contribution in [0.5, 0.6) is 0 Å². The van der Waals surface area contributed by atoms with E-state index in [9.17, 15) is 13.2 Å². The van der Waals surface area contributed by atoms with Gasteiger partial charge in [0.25, 0.3) is 0 Å². The lowest BCUT2D eigenvalue weighted by atomic mass is 10.1. The first-order valence-corrected chi connectivity index (χ1v) is 5.74. The second-order valence-electron chi connectivity index (χ2n) is 4.20. The first kappa shape index (κ1) is 13.6. The van der Waals surface area contributed by atoms with E-state index < -0.39 is 12.2 Å². The van der Waals surface area contributed by atoms with Gasteiger partial charge in [-0.25, -0.2) is 0 Å². The van der Waals surface area contributed by atoms with Gasteiger partial charge in [-0.15, -0.1) is 0 Å². The van der Waals surface area contributed by atoms with E-state index in [1.807, 2.05) is 0 Å². The molecule has 2 rings (SSSR count). The van der Waals surface area contributed by atoms with Gasteiger partial charge in [-0.2, -0.15) is 13.2 Å². The van der Waals surface area contributed by atoms with Crippen LogP contribution in [0.1, 0.15) is 23.1 Å². The van der Waals surface area contributed by atoms with Crippen molar-refractivity contribution in [2.75, 3.05) is 0 Å². The minimum absolute atomic E-state index is 0.0279. The lowest BCUT2D eigenvalue weighted by molar-refractivity contribution is -0.158. The predicted molar refractivity (Wildman–Crippen MR) is 63.3 cm³/mol. The number of aryl methyl sites for hydroxylation is 1. The van der Waals surface area contributed by atoms with Crippen molar-refractivity contribution < 1.29 is 17.7 Å². The lowest BCUT2D eigenvalue weighted by Gasteiger charge is -2.21. The van der Waals surface area contributed by atoms with Crippen molar-refractivity contribution in [1.29, 1.82) is 0 Å². The molecule has 3 nitrogen and oxygen atoms in total. The van der Waals surface area contributed by atoms with Crippen LogP contribution in [0.4, 0.5) is 13.2 Å². The lowest BCUT2D eigenvalue weighted by Crippen LogP contribution is -2.33. The van der Waals surface area contributed by atoms with Crippen molar-refractivity contribution in [2.24, 2.45) is 0 Å². The van der Waals surface area contributed by atoms with Gasteiger partial charge in [0.2, 0.25) is 0 Å². The molecule has 6 heteroatoms. The van der Waals surface area contributed by atoms with Gasteiger partial charge in [-0.05, 0) is 12.5 Å². The van der Waals surface area contributed by atoms with Crippen LogP contribution in [-0.2, 0) is 6.54 Å². The summed E-state index contributed by atoms with van der Waals surface area (Å²) in [6.45, 7) is 1.69. The van der Waals surface area contributed by atoms with Gasteiger partial charge in [0.05, 0.1) is 12.2 Å². The topological polar surface area (TPSA) is 38.1 Å². The van der Waals surface area contributed by atoms with Crippen molar-refractivity contribution in [3.63, 3.8) is 0 Å². The fraction of sp³-hybridized carbons (Fsp3) is 0.308.